The minimum absolute atomic E-state index is 0.136. The maximum atomic E-state index is 12.1. The zero-order chi connectivity index (χ0) is 15.1. The Bertz CT molecular complexity index is 470. The molecule has 4 heteroatoms. The molecule has 0 saturated heterocycles. The van der Waals surface area contributed by atoms with E-state index >= 15 is 0 Å². The van der Waals surface area contributed by atoms with E-state index in [9.17, 15) is 4.79 Å². The van der Waals surface area contributed by atoms with E-state index in [-0.39, 0.29) is 10.7 Å². The normalized spacial score (nSPS) is 17.4. The Hall–Kier alpha value is -1.16. The molecule has 0 unspecified atom stereocenters. The first-order chi connectivity index (χ1) is 10.2. The van der Waals surface area contributed by atoms with Crippen molar-refractivity contribution < 1.29 is 4.79 Å². The quantitative estimate of drug-likeness (QED) is 0.792. The van der Waals surface area contributed by atoms with E-state index in [2.05, 4.69) is 11.6 Å². The molecule has 3 N–H and O–H groups in total. The number of thioether (sulfide) groups is 1. The molecule has 1 fully saturated rings. The highest BCUT2D eigenvalue weighted by molar-refractivity contribution is 8.00. The summed E-state index contributed by atoms with van der Waals surface area (Å²) in [4.78, 5) is 12.1. The molecule has 1 aliphatic carbocycles. The fourth-order valence-corrected chi connectivity index (χ4v) is 3.92. The highest BCUT2D eigenvalue weighted by Crippen LogP contribution is 2.37. The Morgan fingerprint density at radius 2 is 2.00 bits per heavy atom. The Balaban J connectivity index is 1.78. The molecule has 1 saturated carbocycles. The Labute approximate surface area is 132 Å². The SMILES string of the molecule is CSC1(CNC(=O)CCc2ccccc2N)CCCCC1. The number of carbonyl (C=O) groups is 1. The summed E-state index contributed by atoms with van der Waals surface area (Å²) in [7, 11) is 0. The molecule has 1 aliphatic rings. The van der Waals surface area contributed by atoms with Gasteiger partial charge in [-0.25, -0.2) is 0 Å². The molecule has 1 aromatic carbocycles. The standard InChI is InChI=1S/C17H26N2OS/c1-21-17(11-5-2-6-12-17)13-19-16(20)10-9-14-7-3-4-8-15(14)18/h3-4,7-8H,2,5-6,9-13,18H2,1H3,(H,19,20). The maximum Gasteiger partial charge on any atom is 0.220 e. The lowest BCUT2D eigenvalue weighted by molar-refractivity contribution is -0.121. The van der Waals surface area contributed by atoms with Crippen LogP contribution in [0.2, 0.25) is 0 Å². The van der Waals surface area contributed by atoms with E-state index in [1.165, 1.54) is 32.1 Å². The molecule has 1 amide bonds. The van der Waals surface area contributed by atoms with Gasteiger partial charge in [0.2, 0.25) is 5.91 Å². The van der Waals surface area contributed by atoms with E-state index in [4.69, 9.17) is 5.73 Å². The van der Waals surface area contributed by atoms with Crippen LogP contribution in [-0.4, -0.2) is 23.5 Å². The van der Waals surface area contributed by atoms with E-state index in [0.29, 0.717) is 12.8 Å². The molecule has 1 aromatic rings. The van der Waals surface area contributed by atoms with Crippen LogP contribution in [0.15, 0.2) is 24.3 Å². The minimum Gasteiger partial charge on any atom is -0.399 e. The molecule has 3 nitrogen and oxygen atoms in total. The summed E-state index contributed by atoms with van der Waals surface area (Å²) >= 11 is 1.92. The predicted octanol–water partition coefficient (Wildman–Crippen LogP) is 3.38. The number of nitrogens with one attached hydrogen (secondary N) is 1. The van der Waals surface area contributed by atoms with Crippen LogP contribution < -0.4 is 11.1 Å². The average Bonchev–Trinajstić information content (AvgIpc) is 2.53. The van der Waals surface area contributed by atoms with Crippen molar-refractivity contribution in [3.05, 3.63) is 29.8 Å². The van der Waals surface area contributed by atoms with Gasteiger partial charge in [0.25, 0.3) is 0 Å². The van der Waals surface area contributed by atoms with Crippen molar-refractivity contribution >= 4 is 23.4 Å². The van der Waals surface area contributed by atoms with Crippen LogP contribution in [0.5, 0.6) is 0 Å². The maximum absolute atomic E-state index is 12.1. The van der Waals surface area contributed by atoms with Gasteiger partial charge < -0.3 is 11.1 Å². The highest BCUT2D eigenvalue weighted by atomic mass is 32.2. The average molecular weight is 306 g/mol. The molecule has 0 aromatic heterocycles. The van der Waals surface area contributed by atoms with E-state index < -0.39 is 0 Å². The number of nitrogens with two attached hydrogens (primary N) is 1. The molecule has 0 radical (unpaired) electrons. The summed E-state index contributed by atoms with van der Waals surface area (Å²) in [5, 5.41) is 3.13. The summed E-state index contributed by atoms with van der Waals surface area (Å²) in [6.07, 6.45) is 9.75. The molecular weight excluding hydrogens is 280 g/mol. The number of rotatable bonds is 6. The van der Waals surface area contributed by atoms with Gasteiger partial charge in [0.1, 0.15) is 0 Å². The van der Waals surface area contributed by atoms with Gasteiger partial charge in [0, 0.05) is 23.4 Å². The number of amides is 1. The van der Waals surface area contributed by atoms with Gasteiger partial charge in [0.05, 0.1) is 0 Å². The molecular formula is C17H26N2OS. The first-order valence-corrected chi connectivity index (χ1v) is 9.03. The highest BCUT2D eigenvalue weighted by Gasteiger charge is 2.31. The lowest BCUT2D eigenvalue weighted by Crippen LogP contribution is -2.41. The van der Waals surface area contributed by atoms with Crippen molar-refractivity contribution in [2.45, 2.75) is 49.7 Å². The van der Waals surface area contributed by atoms with Gasteiger partial charge in [-0.1, -0.05) is 37.5 Å². The third-order valence-corrected chi connectivity index (χ3v) is 5.90. The van der Waals surface area contributed by atoms with Crippen molar-refractivity contribution in [2.75, 3.05) is 18.5 Å². The molecule has 21 heavy (non-hydrogen) atoms. The third-order valence-electron chi connectivity index (χ3n) is 4.48. The smallest absolute Gasteiger partial charge is 0.220 e. The van der Waals surface area contributed by atoms with Gasteiger partial charge in [-0.15, -0.1) is 0 Å². The minimum atomic E-state index is 0.136. The predicted molar refractivity (Wildman–Crippen MR) is 91.5 cm³/mol. The van der Waals surface area contributed by atoms with Crippen LogP contribution in [0.4, 0.5) is 5.69 Å². The van der Waals surface area contributed by atoms with Crippen molar-refractivity contribution in [3.63, 3.8) is 0 Å². The number of para-hydroxylation sites is 1. The van der Waals surface area contributed by atoms with Gasteiger partial charge in [0.15, 0.2) is 0 Å². The van der Waals surface area contributed by atoms with E-state index in [0.717, 1.165) is 17.8 Å². The molecule has 116 valence electrons. The van der Waals surface area contributed by atoms with Crippen LogP contribution in [-0.2, 0) is 11.2 Å². The molecule has 0 spiro atoms. The third kappa shape index (κ3) is 4.67. The fraction of sp³-hybridized carbons (Fsp3) is 0.588. The molecule has 0 bridgehead atoms. The van der Waals surface area contributed by atoms with Crippen LogP contribution in [0.3, 0.4) is 0 Å². The zero-order valence-electron chi connectivity index (χ0n) is 12.9. The van der Waals surface area contributed by atoms with Gasteiger partial charge in [-0.3, -0.25) is 4.79 Å². The van der Waals surface area contributed by atoms with E-state index in [1.54, 1.807) is 0 Å². The summed E-state index contributed by atoms with van der Waals surface area (Å²) in [5.41, 5.74) is 7.74. The second-order valence-electron chi connectivity index (χ2n) is 5.92. The molecule has 2 rings (SSSR count). The topological polar surface area (TPSA) is 55.1 Å². The number of nitrogen functional groups attached to an aromatic ring is 1. The summed E-state index contributed by atoms with van der Waals surface area (Å²) in [6.45, 7) is 0.803. The first kappa shape index (κ1) is 16.2. The number of benzene rings is 1. The second-order valence-corrected chi connectivity index (χ2v) is 7.20. The number of carbonyl (C=O) groups excluding carboxylic acids is 1. The summed E-state index contributed by atoms with van der Waals surface area (Å²) in [5.74, 6) is 0.136. The van der Waals surface area contributed by atoms with Gasteiger partial charge in [-0.05, 0) is 37.1 Å². The lowest BCUT2D eigenvalue weighted by atomic mass is 9.88. The fourth-order valence-electron chi connectivity index (χ4n) is 3.01. The lowest BCUT2D eigenvalue weighted by Gasteiger charge is -2.35. The zero-order valence-corrected chi connectivity index (χ0v) is 13.7. The number of hydrogen-bond donors (Lipinski definition) is 2. The first-order valence-electron chi connectivity index (χ1n) is 7.80. The van der Waals surface area contributed by atoms with Crippen LogP contribution in [0.1, 0.15) is 44.1 Å². The Morgan fingerprint density at radius 1 is 1.29 bits per heavy atom. The van der Waals surface area contributed by atoms with Crippen LogP contribution in [0, 0.1) is 0 Å². The van der Waals surface area contributed by atoms with Crippen molar-refractivity contribution in [1.29, 1.82) is 0 Å². The van der Waals surface area contributed by atoms with Crippen LogP contribution >= 0.6 is 11.8 Å². The van der Waals surface area contributed by atoms with Gasteiger partial charge >= 0.3 is 0 Å². The molecule has 0 heterocycles. The Kier molecular flexibility index (Phi) is 5.97. The van der Waals surface area contributed by atoms with E-state index in [1.807, 2.05) is 36.0 Å². The van der Waals surface area contributed by atoms with Crippen molar-refractivity contribution in [3.8, 4) is 0 Å². The number of hydrogen-bond acceptors (Lipinski definition) is 3. The second kappa shape index (κ2) is 7.74. The summed E-state index contributed by atoms with van der Waals surface area (Å²) in [6, 6.07) is 7.77. The molecule has 0 atom stereocenters. The van der Waals surface area contributed by atoms with Gasteiger partial charge in [-0.2, -0.15) is 11.8 Å². The van der Waals surface area contributed by atoms with Crippen LogP contribution in [0.25, 0.3) is 0 Å². The Morgan fingerprint density at radius 3 is 2.67 bits per heavy atom. The largest absolute Gasteiger partial charge is 0.399 e. The van der Waals surface area contributed by atoms with Crippen molar-refractivity contribution in [2.24, 2.45) is 0 Å². The summed E-state index contributed by atoms with van der Waals surface area (Å²) < 4.78 is 0.264. The number of anilines is 1. The monoisotopic (exact) mass is 306 g/mol. The number of aryl methyl sites for hydroxylation is 1. The molecule has 0 aliphatic heterocycles. The van der Waals surface area contributed by atoms with Crippen molar-refractivity contribution in [1.82, 2.24) is 5.32 Å².